The third kappa shape index (κ3) is 4.95. The van der Waals surface area contributed by atoms with E-state index in [4.69, 9.17) is 11.6 Å². The van der Waals surface area contributed by atoms with Crippen LogP contribution in [-0.4, -0.2) is 27.6 Å². The highest BCUT2D eigenvalue weighted by atomic mass is 35.5. The average molecular weight is 396 g/mol. The van der Waals surface area contributed by atoms with Gasteiger partial charge in [-0.05, 0) is 43.5 Å². The number of likely N-dealkylation sites (N-methyl/N-ethyl adjacent to an activating group) is 1. The monoisotopic (exact) mass is 395 g/mol. The minimum atomic E-state index is -0.935. The van der Waals surface area contributed by atoms with E-state index >= 15 is 0 Å². The number of hydrogen-bond acceptors (Lipinski definition) is 2. The van der Waals surface area contributed by atoms with Crippen molar-refractivity contribution in [1.29, 1.82) is 0 Å². The standard InChI is InChI=1S/C20H24ClF2N3O/c1-12(2)11-26-20(21)16(13(3)24-26)7-9-19(27)25(5)14(4)15-6-8-17(22)18(23)10-15/h6-10,12,14H,11H2,1-5H3/b9-7+. The van der Waals surface area contributed by atoms with Crippen LogP contribution in [0.5, 0.6) is 0 Å². The summed E-state index contributed by atoms with van der Waals surface area (Å²) in [4.78, 5) is 13.9. The molecule has 2 aromatic rings. The van der Waals surface area contributed by atoms with E-state index in [2.05, 4.69) is 18.9 Å². The van der Waals surface area contributed by atoms with Crippen LogP contribution in [0, 0.1) is 24.5 Å². The molecule has 0 bridgehead atoms. The van der Waals surface area contributed by atoms with E-state index in [-0.39, 0.29) is 5.91 Å². The first-order valence-electron chi connectivity index (χ1n) is 8.74. The van der Waals surface area contributed by atoms with Crippen molar-refractivity contribution in [2.24, 2.45) is 5.92 Å². The van der Waals surface area contributed by atoms with E-state index in [0.29, 0.717) is 28.7 Å². The molecule has 0 fully saturated rings. The number of halogens is 3. The van der Waals surface area contributed by atoms with Crippen LogP contribution in [0.3, 0.4) is 0 Å². The zero-order chi connectivity index (χ0) is 20.3. The quantitative estimate of drug-likeness (QED) is 0.644. The molecule has 0 aliphatic carbocycles. The number of rotatable bonds is 6. The van der Waals surface area contributed by atoms with Gasteiger partial charge in [0.1, 0.15) is 5.15 Å². The Bertz CT molecular complexity index is 861. The summed E-state index contributed by atoms with van der Waals surface area (Å²) in [7, 11) is 1.61. The molecule has 1 atom stereocenters. The smallest absolute Gasteiger partial charge is 0.246 e. The van der Waals surface area contributed by atoms with Gasteiger partial charge in [-0.25, -0.2) is 8.78 Å². The molecule has 146 valence electrons. The molecule has 1 unspecified atom stereocenters. The van der Waals surface area contributed by atoms with E-state index in [1.165, 1.54) is 17.0 Å². The summed E-state index contributed by atoms with van der Waals surface area (Å²) in [6, 6.07) is 3.21. The maximum absolute atomic E-state index is 13.4. The fraction of sp³-hybridized carbons (Fsp3) is 0.400. The highest BCUT2D eigenvalue weighted by molar-refractivity contribution is 6.31. The van der Waals surface area contributed by atoms with Crippen molar-refractivity contribution >= 4 is 23.6 Å². The highest BCUT2D eigenvalue weighted by Crippen LogP contribution is 2.24. The number of benzene rings is 1. The molecule has 0 N–H and O–H groups in total. The molecule has 1 aromatic carbocycles. The van der Waals surface area contributed by atoms with Crippen LogP contribution in [0.25, 0.3) is 6.08 Å². The van der Waals surface area contributed by atoms with Gasteiger partial charge in [-0.15, -0.1) is 0 Å². The number of carbonyl (C=O) groups excluding carboxylic acids is 1. The van der Waals surface area contributed by atoms with Gasteiger partial charge in [0.2, 0.25) is 5.91 Å². The molecule has 0 radical (unpaired) electrons. The van der Waals surface area contributed by atoms with Crippen LogP contribution in [0.1, 0.15) is 43.6 Å². The summed E-state index contributed by atoms with van der Waals surface area (Å²) in [5, 5.41) is 4.89. The Labute approximate surface area is 163 Å². The van der Waals surface area contributed by atoms with Gasteiger partial charge in [0.15, 0.2) is 11.6 Å². The van der Waals surface area contributed by atoms with Crippen molar-refractivity contribution < 1.29 is 13.6 Å². The number of hydrogen-bond donors (Lipinski definition) is 0. The van der Waals surface area contributed by atoms with Crippen molar-refractivity contribution in [2.45, 2.75) is 40.3 Å². The minimum Gasteiger partial charge on any atom is -0.335 e. The van der Waals surface area contributed by atoms with Gasteiger partial charge < -0.3 is 4.90 Å². The van der Waals surface area contributed by atoms with E-state index < -0.39 is 17.7 Å². The number of aromatic nitrogens is 2. The van der Waals surface area contributed by atoms with Crippen molar-refractivity contribution in [1.82, 2.24) is 14.7 Å². The summed E-state index contributed by atoms with van der Waals surface area (Å²) in [6.45, 7) is 8.41. The number of carbonyl (C=O) groups is 1. The molecule has 1 aromatic heterocycles. The zero-order valence-corrected chi connectivity index (χ0v) is 16.9. The van der Waals surface area contributed by atoms with Gasteiger partial charge in [0.05, 0.1) is 11.7 Å². The summed E-state index contributed by atoms with van der Waals surface area (Å²) < 4.78 is 28.3. The molecule has 1 heterocycles. The predicted molar refractivity (Wildman–Crippen MR) is 103 cm³/mol. The lowest BCUT2D eigenvalue weighted by molar-refractivity contribution is -0.126. The molecular weight excluding hydrogens is 372 g/mol. The Morgan fingerprint density at radius 1 is 1.30 bits per heavy atom. The van der Waals surface area contributed by atoms with Gasteiger partial charge in [-0.2, -0.15) is 5.10 Å². The number of amides is 1. The molecule has 4 nitrogen and oxygen atoms in total. The normalized spacial score (nSPS) is 12.8. The Morgan fingerprint density at radius 3 is 2.56 bits per heavy atom. The lowest BCUT2D eigenvalue weighted by atomic mass is 10.1. The fourth-order valence-corrected chi connectivity index (χ4v) is 2.99. The average Bonchev–Trinajstić information content (AvgIpc) is 2.86. The first-order valence-corrected chi connectivity index (χ1v) is 9.12. The topological polar surface area (TPSA) is 38.1 Å². The van der Waals surface area contributed by atoms with Gasteiger partial charge >= 0.3 is 0 Å². The Morgan fingerprint density at radius 2 is 1.96 bits per heavy atom. The number of aryl methyl sites for hydroxylation is 1. The van der Waals surface area contributed by atoms with Crippen LogP contribution < -0.4 is 0 Å². The SMILES string of the molecule is Cc1nn(CC(C)C)c(Cl)c1/C=C/C(=O)N(C)C(C)c1ccc(F)c(F)c1. The number of nitrogens with zero attached hydrogens (tertiary/aromatic N) is 3. The molecule has 0 aliphatic heterocycles. The first kappa shape index (κ1) is 21.1. The summed E-state index contributed by atoms with van der Waals surface area (Å²) in [5.41, 5.74) is 1.94. The van der Waals surface area contributed by atoms with E-state index in [9.17, 15) is 13.6 Å². The van der Waals surface area contributed by atoms with Crippen molar-refractivity contribution in [3.63, 3.8) is 0 Å². The maximum atomic E-state index is 13.4. The molecule has 0 spiro atoms. The zero-order valence-electron chi connectivity index (χ0n) is 16.1. The van der Waals surface area contributed by atoms with Crippen LogP contribution in [0.15, 0.2) is 24.3 Å². The predicted octanol–water partition coefficient (Wildman–Crippen LogP) is 5.01. The largest absolute Gasteiger partial charge is 0.335 e. The van der Waals surface area contributed by atoms with E-state index in [1.54, 1.807) is 24.7 Å². The molecular formula is C20H24ClF2N3O. The van der Waals surface area contributed by atoms with Crippen molar-refractivity contribution in [2.75, 3.05) is 7.05 Å². The summed E-state index contributed by atoms with van der Waals surface area (Å²) >= 11 is 6.37. The molecule has 0 saturated heterocycles. The van der Waals surface area contributed by atoms with Gasteiger partial charge in [0, 0.05) is 25.2 Å². The van der Waals surface area contributed by atoms with Crippen LogP contribution in [-0.2, 0) is 11.3 Å². The van der Waals surface area contributed by atoms with Gasteiger partial charge in [0.25, 0.3) is 0 Å². The van der Waals surface area contributed by atoms with Crippen LogP contribution >= 0.6 is 11.6 Å². The fourth-order valence-electron chi connectivity index (χ4n) is 2.68. The second kappa shape index (κ2) is 8.65. The van der Waals surface area contributed by atoms with Crippen molar-refractivity contribution in [3.05, 3.63) is 57.9 Å². The lowest BCUT2D eigenvalue weighted by Crippen LogP contribution is -2.28. The maximum Gasteiger partial charge on any atom is 0.246 e. The second-order valence-corrected chi connectivity index (χ2v) is 7.36. The lowest BCUT2D eigenvalue weighted by Gasteiger charge is -2.24. The Hall–Kier alpha value is -2.21. The van der Waals surface area contributed by atoms with Crippen LogP contribution in [0.4, 0.5) is 8.78 Å². The third-order valence-corrected chi connectivity index (χ3v) is 4.79. The third-order valence-electron chi connectivity index (χ3n) is 4.39. The minimum absolute atomic E-state index is 0.278. The first-order chi connectivity index (χ1) is 12.6. The molecule has 7 heteroatoms. The molecule has 1 amide bonds. The molecule has 2 rings (SSSR count). The van der Waals surface area contributed by atoms with Gasteiger partial charge in [-0.3, -0.25) is 9.48 Å². The van der Waals surface area contributed by atoms with E-state index in [1.807, 2.05) is 6.92 Å². The second-order valence-electron chi connectivity index (χ2n) is 7.00. The van der Waals surface area contributed by atoms with Gasteiger partial charge in [-0.1, -0.05) is 31.5 Å². The van der Waals surface area contributed by atoms with Crippen LogP contribution in [0.2, 0.25) is 5.15 Å². The molecule has 0 saturated carbocycles. The highest BCUT2D eigenvalue weighted by Gasteiger charge is 2.18. The van der Waals surface area contributed by atoms with E-state index in [0.717, 1.165) is 17.8 Å². The Kier molecular flexibility index (Phi) is 6.76. The molecule has 27 heavy (non-hydrogen) atoms. The Balaban J connectivity index is 2.16. The summed E-state index contributed by atoms with van der Waals surface area (Å²) in [5.74, 6) is -1.73. The summed E-state index contributed by atoms with van der Waals surface area (Å²) in [6.07, 6.45) is 3.05. The molecule has 0 aliphatic rings. The van der Waals surface area contributed by atoms with Crippen molar-refractivity contribution in [3.8, 4) is 0 Å².